The smallest absolute Gasteiger partial charge is 0.338 e. The molecule has 0 saturated carbocycles. The zero-order chi connectivity index (χ0) is 17.0. The number of nitrogens with one attached hydrogen (secondary N) is 2. The van der Waals surface area contributed by atoms with E-state index in [1.165, 1.54) is 31.4 Å². The second kappa shape index (κ2) is 6.57. The maximum absolute atomic E-state index is 12.0. The number of carbonyl (C=O) groups is 1. The number of non-ortho nitro benzene ring substituents is 1. The predicted octanol–water partition coefficient (Wildman–Crippen LogP) is 1.11. The highest BCUT2D eigenvalue weighted by Gasteiger charge is 2.30. The molecule has 0 bridgehead atoms. The van der Waals surface area contributed by atoms with Crippen LogP contribution in [0.15, 0.2) is 40.5 Å². The van der Waals surface area contributed by atoms with Crippen molar-refractivity contribution in [2.75, 3.05) is 7.11 Å². The number of esters is 1. The minimum absolute atomic E-state index is 0.0673. The molecule has 0 fully saturated rings. The molecule has 1 atom stereocenters. The summed E-state index contributed by atoms with van der Waals surface area (Å²) < 4.78 is 4.77. The Bertz CT molecular complexity index is 745. The van der Waals surface area contributed by atoms with E-state index in [1.54, 1.807) is 13.1 Å². The summed E-state index contributed by atoms with van der Waals surface area (Å²) in [6, 6.07) is 4.94. The Kier molecular flexibility index (Phi) is 4.56. The number of nitrogens with zero attached hydrogens (tertiary/aromatic N) is 3. The lowest BCUT2D eigenvalue weighted by molar-refractivity contribution is -0.384. The van der Waals surface area contributed by atoms with E-state index < -0.39 is 16.9 Å². The first-order chi connectivity index (χ1) is 11.0. The van der Waals surface area contributed by atoms with Gasteiger partial charge in [0.2, 0.25) is 5.96 Å². The zero-order valence-electron chi connectivity index (χ0n) is 12.4. The van der Waals surface area contributed by atoms with Crippen LogP contribution < -0.4 is 10.6 Å². The third-order valence-corrected chi connectivity index (χ3v) is 3.24. The average Bonchev–Trinajstić information content (AvgIpc) is 2.54. The van der Waals surface area contributed by atoms with Crippen molar-refractivity contribution in [1.82, 2.24) is 10.6 Å². The first-order valence-electron chi connectivity index (χ1n) is 6.51. The lowest BCUT2D eigenvalue weighted by Crippen LogP contribution is -2.39. The Hall–Kier alpha value is -3.41. The lowest BCUT2D eigenvalue weighted by Gasteiger charge is -2.24. The number of nitro groups is 1. The molecule has 1 aliphatic heterocycles. The number of hydrogen-bond acceptors (Lipinski definition) is 8. The molecule has 0 amide bonds. The summed E-state index contributed by atoms with van der Waals surface area (Å²) in [7, 11) is 1.25. The number of benzene rings is 1. The van der Waals surface area contributed by atoms with Crippen LogP contribution in [0.5, 0.6) is 0 Å². The fourth-order valence-electron chi connectivity index (χ4n) is 2.19. The van der Waals surface area contributed by atoms with E-state index in [1.807, 2.05) is 0 Å². The monoisotopic (exact) mass is 315 g/mol. The van der Waals surface area contributed by atoms with Crippen LogP contribution in [0, 0.1) is 21.6 Å². The summed E-state index contributed by atoms with van der Waals surface area (Å²) in [5.41, 5.74) is 1.24. The van der Waals surface area contributed by atoms with Crippen LogP contribution in [0.3, 0.4) is 0 Å². The summed E-state index contributed by atoms with van der Waals surface area (Å²) >= 11 is 0. The molecule has 1 unspecified atom stereocenters. The van der Waals surface area contributed by atoms with Gasteiger partial charge in [-0.25, -0.2) is 9.79 Å². The van der Waals surface area contributed by atoms with Gasteiger partial charge in [-0.1, -0.05) is 0 Å². The Morgan fingerprint density at radius 3 is 2.65 bits per heavy atom. The van der Waals surface area contributed by atoms with Crippen molar-refractivity contribution in [3.63, 3.8) is 0 Å². The van der Waals surface area contributed by atoms with Crippen LogP contribution in [0.1, 0.15) is 18.5 Å². The Labute approximate surface area is 131 Å². The number of ether oxygens (including phenoxy) is 1. The lowest BCUT2D eigenvalue weighted by atomic mass is 9.96. The van der Waals surface area contributed by atoms with E-state index in [-0.39, 0.29) is 17.2 Å². The molecule has 23 heavy (non-hydrogen) atoms. The third kappa shape index (κ3) is 3.26. The number of rotatable bonds is 3. The highest BCUT2D eigenvalue weighted by Crippen LogP contribution is 2.31. The fraction of sp³-hybridized carbons (Fsp3) is 0.214. The number of allylic oxidation sites excluding steroid dienone is 1. The predicted molar refractivity (Wildman–Crippen MR) is 79.9 cm³/mol. The highest BCUT2D eigenvalue weighted by molar-refractivity contribution is 5.95. The molecule has 118 valence electrons. The number of guanidine groups is 1. The van der Waals surface area contributed by atoms with E-state index in [4.69, 9.17) is 10.00 Å². The van der Waals surface area contributed by atoms with Gasteiger partial charge >= 0.3 is 5.97 Å². The molecule has 1 aromatic rings. The van der Waals surface area contributed by atoms with E-state index in [0.29, 0.717) is 11.3 Å². The minimum atomic E-state index is -0.736. The van der Waals surface area contributed by atoms with Gasteiger partial charge in [-0.3, -0.25) is 15.4 Å². The maximum Gasteiger partial charge on any atom is 0.338 e. The van der Waals surface area contributed by atoms with Crippen molar-refractivity contribution in [1.29, 1.82) is 5.26 Å². The molecule has 0 aromatic heterocycles. The van der Waals surface area contributed by atoms with Gasteiger partial charge in [-0.15, -0.1) is 0 Å². The van der Waals surface area contributed by atoms with Gasteiger partial charge in [0.15, 0.2) is 6.19 Å². The van der Waals surface area contributed by atoms with E-state index in [9.17, 15) is 14.9 Å². The number of nitro benzene ring substituents is 1. The molecule has 9 heteroatoms. The van der Waals surface area contributed by atoms with Gasteiger partial charge in [0.1, 0.15) is 6.04 Å². The van der Waals surface area contributed by atoms with Crippen molar-refractivity contribution in [2.24, 2.45) is 4.99 Å². The van der Waals surface area contributed by atoms with Gasteiger partial charge in [-0.2, -0.15) is 5.26 Å². The first-order valence-corrected chi connectivity index (χ1v) is 6.51. The minimum Gasteiger partial charge on any atom is -0.466 e. The van der Waals surface area contributed by atoms with Gasteiger partial charge in [0.25, 0.3) is 5.69 Å². The number of methoxy groups -OCH3 is 1. The molecule has 2 rings (SSSR count). The van der Waals surface area contributed by atoms with Crippen LogP contribution in [0.2, 0.25) is 0 Å². The zero-order valence-corrected chi connectivity index (χ0v) is 12.4. The Balaban J connectivity index is 2.47. The number of nitriles is 1. The van der Waals surface area contributed by atoms with E-state index in [2.05, 4.69) is 15.6 Å². The van der Waals surface area contributed by atoms with Crippen molar-refractivity contribution in [3.05, 3.63) is 51.2 Å². The largest absolute Gasteiger partial charge is 0.466 e. The molecule has 1 aromatic carbocycles. The number of aliphatic imine (C=N–C) groups is 1. The molecule has 1 aliphatic rings. The van der Waals surface area contributed by atoms with Crippen molar-refractivity contribution < 1.29 is 14.5 Å². The standard InChI is InChI=1S/C14H13N5O4/c1-8-11(13(20)23-2)12(18-14(17-8)16-7-15)9-3-5-10(6-4-9)19(21)22/h3-6,12H,1-2H3,(H2,16,17,18). The molecular formula is C14H13N5O4. The Morgan fingerprint density at radius 1 is 1.48 bits per heavy atom. The third-order valence-electron chi connectivity index (χ3n) is 3.24. The summed E-state index contributed by atoms with van der Waals surface area (Å²) in [5, 5.41) is 24.6. The van der Waals surface area contributed by atoms with Gasteiger partial charge < -0.3 is 10.1 Å². The molecule has 2 N–H and O–H groups in total. The summed E-state index contributed by atoms with van der Waals surface area (Å²) in [5.74, 6) is -0.390. The van der Waals surface area contributed by atoms with Crippen molar-refractivity contribution in [2.45, 2.75) is 13.0 Å². The van der Waals surface area contributed by atoms with Gasteiger partial charge in [0, 0.05) is 17.8 Å². The number of carbonyl (C=O) groups excluding carboxylic acids is 1. The fourth-order valence-corrected chi connectivity index (χ4v) is 2.19. The molecule has 1 heterocycles. The molecule has 0 spiro atoms. The topological polar surface area (TPSA) is 130 Å². The molecule has 0 saturated heterocycles. The average molecular weight is 315 g/mol. The molecule has 9 nitrogen and oxygen atoms in total. The SMILES string of the molecule is COC(=O)C1=C(C)NC(NC#N)=NC1c1ccc([N+](=O)[O-])cc1. The van der Waals surface area contributed by atoms with Crippen molar-refractivity contribution >= 4 is 17.6 Å². The molecular weight excluding hydrogens is 302 g/mol. The number of hydrogen-bond donors (Lipinski definition) is 2. The highest BCUT2D eigenvalue weighted by atomic mass is 16.6. The normalized spacial score (nSPS) is 16.7. The summed E-state index contributed by atoms with van der Waals surface area (Å²) in [6.07, 6.45) is 1.74. The van der Waals surface area contributed by atoms with Crippen molar-refractivity contribution in [3.8, 4) is 6.19 Å². The quantitative estimate of drug-likeness (QED) is 0.281. The van der Waals surface area contributed by atoms with Crippen LogP contribution in [0.4, 0.5) is 5.69 Å². The van der Waals surface area contributed by atoms with E-state index >= 15 is 0 Å². The molecule has 0 aliphatic carbocycles. The van der Waals surface area contributed by atoms with Crippen LogP contribution in [-0.2, 0) is 9.53 Å². The second-order valence-corrected chi connectivity index (χ2v) is 4.62. The van der Waals surface area contributed by atoms with Crippen LogP contribution in [0.25, 0.3) is 0 Å². The van der Waals surface area contributed by atoms with Gasteiger partial charge in [0.05, 0.1) is 17.6 Å². The Morgan fingerprint density at radius 2 is 2.13 bits per heavy atom. The van der Waals surface area contributed by atoms with E-state index in [0.717, 1.165) is 0 Å². The van der Waals surface area contributed by atoms with Gasteiger partial charge in [-0.05, 0) is 24.6 Å². The van der Waals surface area contributed by atoms with Crippen LogP contribution >= 0.6 is 0 Å². The summed E-state index contributed by atoms with van der Waals surface area (Å²) in [4.78, 5) is 26.5. The first kappa shape index (κ1) is 16.0. The maximum atomic E-state index is 12.0. The molecule has 0 radical (unpaired) electrons. The second-order valence-electron chi connectivity index (χ2n) is 4.62. The summed E-state index contributed by atoms with van der Waals surface area (Å²) in [6.45, 7) is 1.65. The van der Waals surface area contributed by atoms with Crippen LogP contribution in [-0.4, -0.2) is 24.0 Å².